The third-order valence-electron chi connectivity index (χ3n) is 14.0. The zero-order valence-electron chi connectivity index (χ0n) is 25.4. The van der Waals surface area contributed by atoms with Crippen molar-refractivity contribution >= 4 is 11.9 Å². The summed E-state index contributed by atoms with van der Waals surface area (Å²) in [7, 11) is 0. The highest BCUT2D eigenvalue weighted by atomic mass is 16.5. The van der Waals surface area contributed by atoms with Crippen LogP contribution in [0.4, 0.5) is 0 Å². The van der Waals surface area contributed by atoms with Gasteiger partial charge in [-0.1, -0.05) is 46.3 Å². The predicted molar refractivity (Wildman–Crippen MR) is 151 cm³/mol. The number of carbonyl (C=O) groups is 2. The Bertz CT molecular complexity index is 987. The summed E-state index contributed by atoms with van der Waals surface area (Å²) >= 11 is 0. The molecular weight excluding hydrogens is 472 g/mol. The Balaban J connectivity index is 1.49. The van der Waals surface area contributed by atoms with E-state index in [4.69, 9.17) is 9.47 Å². The number of allylic oxidation sites excluding steroid dienone is 1. The SMILES string of the molecule is C=C(C)[C@@H]1CC[C@]2(COC(C)=O)CC[C@]3(C)[C@H](CC[C@@H]4[C@@]5(C)CCCC(C)(COC(C)=O)[C@@H]5CC[C@]43C)[C@@H]12. The van der Waals surface area contributed by atoms with Gasteiger partial charge < -0.3 is 9.47 Å². The number of hydrogen-bond acceptors (Lipinski definition) is 4. The van der Waals surface area contributed by atoms with Gasteiger partial charge in [-0.15, -0.1) is 0 Å². The number of rotatable bonds is 5. The minimum Gasteiger partial charge on any atom is -0.465 e. The van der Waals surface area contributed by atoms with Crippen LogP contribution in [0.3, 0.4) is 0 Å². The highest BCUT2D eigenvalue weighted by Gasteiger charge is 2.70. The van der Waals surface area contributed by atoms with E-state index in [2.05, 4.69) is 41.2 Å². The molecule has 5 aliphatic rings. The molecule has 4 heteroatoms. The van der Waals surface area contributed by atoms with Crippen molar-refractivity contribution in [3.63, 3.8) is 0 Å². The fraction of sp³-hybridized carbons (Fsp3) is 0.882. The maximum Gasteiger partial charge on any atom is 0.302 e. The first kappa shape index (κ1) is 28.2. The molecule has 5 aliphatic carbocycles. The molecule has 0 spiro atoms. The van der Waals surface area contributed by atoms with Crippen molar-refractivity contribution in [1.82, 2.24) is 0 Å². The molecule has 0 saturated heterocycles. The average Bonchev–Trinajstić information content (AvgIpc) is 3.22. The van der Waals surface area contributed by atoms with Crippen LogP contribution in [0.2, 0.25) is 0 Å². The number of fused-ring (bicyclic) bond motifs is 7. The van der Waals surface area contributed by atoms with Crippen LogP contribution in [0.1, 0.15) is 119 Å². The van der Waals surface area contributed by atoms with Crippen molar-refractivity contribution < 1.29 is 19.1 Å². The molecule has 0 amide bonds. The van der Waals surface area contributed by atoms with Crippen LogP contribution in [0.5, 0.6) is 0 Å². The van der Waals surface area contributed by atoms with Crippen LogP contribution >= 0.6 is 0 Å². The molecule has 214 valence electrons. The van der Waals surface area contributed by atoms with Crippen LogP contribution in [-0.2, 0) is 19.1 Å². The molecular formula is C34H54O4. The van der Waals surface area contributed by atoms with E-state index in [1.165, 1.54) is 76.2 Å². The Kier molecular flexibility index (Phi) is 6.96. The maximum absolute atomic E-state index is 11.9. The zero-order valence-corrected chi connectivity index (χ0v) is 25.4. The van der Waals surface area contributed by atoms with E-state index in [-0.39, 0.29) is 28.2 Å². The lowest BCUT2D eigenvalue weighted by Gasteiger charge is -2.72. The summed E-state index contributed by atoms with van der Waals surface area (Å²) in [6, 6.07) is 0. The number of esters is 2. The van der Waals surface area contributed by atoms with Gasteiger partial charge in [-0.3, -0.25) is 9.59 Å². The summed E-state index contributed by atoms with van der Waals surface area (Å²) in [6.45, 7) is 21.4. The predicted octanol–water partition coefficient (Wildman–Crippen LogP) is 8.14. The first-order valence-electron chi connectivity index (χ1n) is 15.6. The molecule has 5 fully saturated rings. The average molecular weight is 527 g/mol. The van der Waals surface area contributed by atoms with Gasteiger partial charge in [0.25, 0.3) is 0 Å². The topological polar surface area (TPSA) is 52.6 Å². The highest BCUT2D eigenvalue weighted by Crippen LogP contribution is 2.77. The Morgan fingerprint density at radius 3 is 2.08 bits per heavy atom. The van der Waals surface area contributed by atoms with E-state index in [0.29, 0.717) is 53.6 Å². The zero-order chi connectivity index (χ0) is 27.7. The second-order valence-electron chi connectivity index (χ2n) is 15.6. The fourth-order valence-electron chi connectivity index (χ4n) is 12.1. The van der Waals surface area contributed by atoms with Crippen LogP contribution < -0.4 is 0 Å². The summed E-state index contributed by atoms with van der Waals surface area (Å²) in [5.74, 6) is 2.82. The molecule has 0 aliphatic heterocycles. The standard InChI is InChI=1S/C34H54O4/c1-22(2)25-12-17-34(21-38-24(4)36)19-18-32(7)26(29(25)34)10-11-28-31(6)15-9-14-30(5,20-37-23(3)35)27(31)13-16-33(28,32)8/h25-29H,1,9-21H2,2-8H3/t25-,26+,27-,28+,29+,30?,31-,32+,33+,34+/m0/s1. The van der Waals surface area contributed by atoms with Crippen LogP contribution in [0, 0.1) is 56.7 Å². The Labute approximate surface area is 232 Å². The molecule has 0 bridgehead atoms. The number of carbonyl (C=O) groups excluding carboxylic acids is 2. The lowest BCUT2D eigenvalue weighted by molar-refractivity contribution is -0.244. The van der Waals surface area contributed by atoms with Gasteiger partial charge >= 0.3 is 11.9 Å². The molecule has 1 unspecified atom stereocenters. The Hall–Kier alpha value is -1.32. The van der Waals surface area contributed by atoms with Gasteiger partial charge in [-0.25, -0.2) is 0 Å². The lowest BCUT2D eigenvalue weighted by Crippen LogP contribution is -2.66. The molecule has 0 aromatic carbocycles. The summed E-state index contributed by atoms with van der Waals surface area (Å²) < 4.78 is 11.5. The molecule has 10 atom stereocenters. The minimum absolute atomic E-state index is 0.0833. The van der Waals surface area contributed by atoms with Crippen molar-refractivity contribution in [2.75, 3.05) is 13.2 Å². The Morgan fingerprint density at radius 2 is 1.42 bits per heavy atom. The minimum atomic E-state index is -0.143. The summed E-state index contributed by atoms with van der Waals surface area (Å²) in [5.41, 5.74) is 2.42. The molecule has 4 nitrogen and oxygen atoms in total. The molecule has 5 rings (SSSR count). The van der Waals surface area contributed by atoms with Gasteiger partial charge in [0.15, 0.2) is 0 Å². The highest BCUT2D eigenvalue weighted by molar-refractivity contribution is 5.66. The summed E-state index contributed by atoms with van der Waals surface area (Å²) in [5, 5.41) is 0. The second kappa shape index (κ2) is 9.37. The smallest absolute Gasteiger partial charge is 0.302 e. The van der Waals surface area contributed by atoms with E-state index in [0.717, 1.165) is 0 Å². The molecule has 0 radical (unpaired) electrons. The summed E-state index contributed by atoms with van der Waals surface area (Å²) in [4.78, 5) is 23.7. The third-order valence-corrected chi connectivity index (χ3v) is 14.0. The molecule has 0 aromatic heterocycles. The molecule has 0 aromatic rings. The molecule has 0 heterocycles. The number of ether oxygens (including phenoxy) is 2. The second-order valence-corrected chi connectivity index (χ2v) is 15.6. The lowest BCUT2D eigenvalue weighted by atomic mass is 9.32. The first-order chi connectivity index (χ1) is 17.7. The van der Waals surface area contributed by atoms with Crippen LogP contribution in [0.15, 0.2) is 12.2 Å². The number of hydrogen-bond donors (Lipinski definition) is 0. The van der Waals surface area contributed by atoms with Crippen LogP contribution in [0.25, 0.3) is 0 Å². The van der Waals surface area contributed by atoms with Gasteiger partial charge in [0.1, 0.15) is 0 Å². The van der Waals surface area contributed by atoms with Crippen LogP contribution in [-0.4, -0.2) is 25.2 Å². The van der Waals surface area contributed by atoms with Crippen molar-refractivity contribution in [3.8, 4) is 0 Å². The van der Waals surface area contributed by atoms with E-state index >= 15 is 0 Å². The quantitative estimate of drug-likeness (QED) is 0.268. The molecule has 38 heavy (non-hydrogen) atoms. The van der Waals surface area contributed by atoms with E-state index in [1.807, 2.05) is 0 Å². The van der Waals surface area contributed by atoms with Crippen molar-refractivity contribution in [2.45, 2.75) is 119 Å². The monoisotopic (exact) mass is 526 g/mol. The van der Waals surface area contributed by atoms with Crippen molar-refractivity contribution in [1.29, 1.82) is 0 Å². The molecule has 0 N–H and O–H groups in total. The maximum atomic E-state index is 11.9. The van der Waals surface area contributed by atoms with Gasteiger partial charge in [0.05, 0.1) is 13.2 Å². The van der Waals surface area contributed by atoms with E-state index < -0.39 is 0 Å². The summed E-state index contributed by atoms with van der Waals surface area (Å²) in [6.07, 6.45) is 13.6. The first-order valence-corrected chi connectivity index (χ1v) is 15.6. The molecule has 5 saturated carbocycles. The van der Waals surface area contributed by atoms with Gasteiger partial charge in [0, 0.05) is 24.7 Å². The van der Waals surface area contributed by atoms with Gasteiger partial charge in [-0.2, -0.15) is 0 Å². The van der Waals surface area contributed by atoms with E-state index in [9.17, 15) is 9.59 Å². The Morgan fingerprint density at radius 1 is 0.737 bits per heavy atom. The largest absolute Gasteiger partial charge is 0.465 e. The van der Waals surface area contributed by atoms with E-state index in [1.54, 1.807) is 13.8 Å². The van der Waals surface area contributed by atoms with Crippen molar-refractivity contribution in [3.05, 3.63) is 12.2 Å². The van der Waals surface area contributed by atoms with Gasteiger partial charge in [0.2, 0.25) is 0 Å². The van der Waals surface area contributed by atoms with Crippen molar-refractivity contribution in [2.24, 2.45) is 56.7 Å². The third kappa shape index (κ3) is 3.96. The van der Waals surface area contributed by atoms with Gasteiger partial charge in [-0.05, 0) is 117 Å². The fourth-order valence-corrected chi connectivity index (χ4v) is 12.1. The normalized spacial score (nSPS) is 49.6.